The van der Waals surface area contributed by atoms with Crippen molar-refractivity contribution in [3.63, 3.8) is 0 Å². The van der Waals surface area contributed by atoms with E-state index in [4.69, 9.17) is 9.79 Å². The van der Waals surface area contributed by atoms with Gasteiger partial charge >= 0.3 is 20.2 Å². The number of hydrogen-bond donors (Lipinski definition) is 2. The first kappa shape index (κ1) is 19.6. The van der Waals surface area contributed by atoms with Crippen molar-refractivity contribution in [3.8, 4) is 5.75 Å². The van der Waals surface area contributed by atoms with Gasteiger partial charge in [0.15, 0.2) is 0 Å². The monoisotopic (exact) mass is 388 g/mol. The molecule has 2 aromatic carbocycles. The summed E-state index contributed by atoms with van der Waals surface area (Å²) >= 11 is 0. The molecule has 2 rings (SSSR count). The third-order valence-electron chi connectivity index (χ3n) is 3.18. The Labute approximate surface area is 137 Å². The summed E-state index contributed by atoms with van der Waals surface area (Å²) in [4.78, 5) is 17.9. The molecule has 0 aromatic heterocycles. The van der Waals surface area contributed by atoms with Crippen LogP contribution in [0.2, 0.25) is 0 Å². The molecule has 0 radical (unpaired) electrons. The average Bonchev–Trinajstić information content (AvgIpc) is 2.38. The van der Waals surface area contributed by atoms with Crippen molar-refractivity contribution >= 4 is 18.6 Å². The van der Waals surface area contributed by atoms with E-state index in [1.807, 2.05) is 0 Å². The van der Waals surface area contributed by atoms with Crippen molar-refractivity contribution in [3.05, 3.63) is 41.5 Å². The van der Waals surface area contributed by atoms with Crippen LogP contribution >= 0.6 is 7.82 Å². The molecule has 0 saturated heterocycles. The van der Waals surface area contributed by atoms with E-state index in [1.165, 1.54) is 24.3 Å². The Kier molecular flexibility index (Phi) is 5.09. The first-order valence-corrected chi connectivity index (χ1v) is 8.20. The van der Waals surface area contributed by atoms with Gasteiger partial charge < -0.3 is 4.52 Å². The number of fused-ring (bicyclic) bond motifs is 1. The molecule has 25 heavy (non-hydrogen) atoms. The normalized spacial score (nSPS) is 13.3. The van der Waals surface area contributed by atoms with Crippen LogP contribution in [0.5, 0.6) is 5.75 Å². The van der Waals surface area contributed by atoms with Crippen LogP contribution in [0.15, 0.2) is 30.3 Å². The third kappa shape index (κ3) is 5.62. The van der Waals surface area contributed by atoms with Gasteiger partial charge in [0, 0.05) is 10.9 Å². The van der Waals surface area contributed by atoms with Gasteiger partial charge in [0.2, 0.25) is 0 Å². The molecule has 0 bridgehead atoms. The maximum absolute atomic E-state index is 12.8. The van der Waals surface area contributed by atoms with Gasteiger partial charge in [0.1, 0.15) is 5.75 Å². The first-order chi connectivity index (χ1) is 11.3. The first-order valence-electron chi connectivity index (χ1n) is 6.67. The minimum absolute atomic E-state index is 0.0659. The fraction of sp³-hybridized carbons (Fsp3) is 0.286. The number of alkyl halides is 6. The molecule has 0 amide bonds. The highest BCUT2D eigenvalue weighted by Crippen LogP contribution is 2.46. The lowest BCUT2D eigenvalue weighted by Gasteiger charge is -2.20. The number of rotatable bonds is 4. The van der Waals surface area contributed by atoms with Gasteiger partial charge in [-0.25, -0.2) is 4.57 Å². The Morgan fingerprint density at radius 2 is 1.52 bits per heavy atom. The molecular weight excluding hydrogens is 377 g/mol. The van der Waals surface area contributed by atoms with Crippen molar-refractivity contribution in [1.29, 1.82) is 0 Å². The summed E-state index contributed by atoms with van der Waals surface area (Å²) in [7, 11) is -5.30. The van der Waals surface area contributed by atoms with E-state index < -0.39 is 49.9 Å². The highest BCUT2D eigenvalue weighted by molar-refractivity contribution is 7.46. The van der Waals surface area contributed by atoms with Crippen LogP contribution in [0.3, 0.4) is 0 Å². The molecule has 11 heteroatoms. The van der Waals surface area contributed by atoms with Crippen LogP contribution in [-0.4, -0.2) is 22.1 Å². The molecular formula is C14H11F6O4P. The van der Waals surface area contributed by atoms with Gasteiger partial charge in [-0.3, -0.25) is 9.79 Å². The number of benzene rings is 2. The molecule has 4 nitrogen and oxygen atoms in total. The Morgan fingerprint density at radius 1 is 0.960 bits per heavy atom. The summed E-state index contributed by atoms with van der Waals surface area (Å²) in [5.41, 5.74) is -1.71. The fourth-order valence-corrected chi connectivity index (χ4v) is 2.85. The fourth-order valence-electron chi connectivity index (χ4n) is 2.40. The van der Waals surface area contributed by atoms with Crippen molar-refractivity contribution in [2.75, 3.05) is 0 Å². The highest BCUT2D eigenvalue weighted by atomic mass is 31.2. The lowest BCUT2D eigenvalue weighted by Crippen LogP contribution is -2.18. The minimum atomic E-state index is -5.30. The van der Waals surface area contributed by atoms with E-state index in [-0.39, 0.29) is 10.8 Å². The SMILES string of the molecule is O=P(O)(O)Oc1c(CC(F)(F)F)c(CC(F)(F)F)cc2ccccc12. The zero-order valence-corrected chi connectivity index (χ0v) is 13.1. The maximum atomic E-state index is 12.8. The molecule has 2 N–H and O–H groups in total. The molecule has 0 heterocycles. The predicted molar refractivity (Wildman–Crippen MR) is 76.1 cm³/mol. The minimum Gasteiger partial charge on any atom is -0.403 e. The quantitative estimate of drug-likeness (QED) is 0.597. The summed E-state index contributed by atoms with van der Waals surface area (Å²) in [5, 5.41) is -0.0628. The number of phosphoric acid groups is 1. The summed E-state index contributed by atoms with van der Waals surface area (Å²) in [6.45, 7) is 0. The molecule has 0 aliphatic rings. The number of hydrogen-bond acceptors (Lipinski definition) is 2. The van der Waals surface area contributed by atoms with Crippen molar-refractivity contribution in [2.45, 2.75) is 25.2 Å². The molecule has 0 aliphatic heterocycles. The second-order valence-electron chi connectivity index (χ2n) is 5.23. The van der Waals surface area contributed by atoms with Crippen molar-refractivity contribution < 1.29 is 45.2 Å². The molecule has 2 aromatic rings. The van der Waals surface area contributed by atoms with Crippen LogP contribution < -0.4 is 4.52 Å². The second kappa shape index (κ2) is 6.51. The smallest absolute Gasteiger partial charge is 0.403 e. The predicted octanol–water partition coefficient (Wildman–Crippen LogP) is 4.52. The topological polar surface area (TPSA) is 66.8 Å². The highest BCUT2D eigenvalue weighted by Gasteiger charge is 2.36. The molecule has 0 atom stereocenters. The van der Waals surface area contributed by atoms with Crippen LogP contribution in [0.1, 0.15) is 11.1 Å². The summed E-state index contributed by atoms with van der Waals surface area (Å²) in [6, 6.07) is 6.20. The zero-order valence-electron chi connectivity index (χ0n) is 12.2. The third-order valence-corrected chi connectivity index (χ3v) is 3.60. The molecule has 0 aliphatic carbocycles. The molecule has 138 valence electrons. The van der Waals surface area contributed by atoms with Crippen LogP contribution in [0.4, 0.5) is 26.3 Å². The van der Waals surface area contributed by atoms with Gasteiger partial charge in [-0.2, -0.15) is 26.3 Å². The van der Waals surface area contributed by atoms with Gasteiger partial charge in [0.25, 0.3) is 0 Å². The Bertz CT molecular complexity index is 824. The average molecular weight is 388 g/mol. The van der Waals surface area contributed by atoms with Gasteiger partial charge in [-0.05, 0) is 10.9 Å². The van der Waals surface area contributed by atoms with Gasteiger partial charge in [0.05, 0.1) is 12.8 Å². The maximum Gasteiger partial charge on any atom is 0.524 e. The Morgan fingerprint density at radius 3 is 2.04 bits per heavy atom. The van der Waals surface area contributed by atoms with Crippen LogP contribution in [-0.2, 0) is 17.4 Å². The molecule has 0 unspecified atom stereocenters. The summed E-state index contributed by atoms with van der Waals surface area (Å²) < 4.78 is 92.2. The molecule has 0 saturated carbocycles. The van der Waals surface area contributed by atoms with Crippen LogP contribution in [0.25, 0.3) is 10.8 Å². The standard InChI is InChI=1S/C14H11F6O4P/c15-13(16,17)6-9-5-8-3-1-2-4-10(8)12(24-25(21,22)23)11(9)7-14(18,19)20/h1-5H,6-7H2,(H2,21,22,23). The summed E-state index contributed by atoms with van der Waals surface area (Å²) in [6.07, 6.45) is -13.2. The van der Waals surface area contributed by atoms with E-state index in [9.17, 15) is 30.9 Å². The van der Waals surface area contributed by atoms with E-state index in [0.29, 0.717) is 0 Å². The van der Waals surface area contributed by atoms with E-state index in [2.05, 4.69) is 4.52 Å². The lowest BCUT2D eigenvalue weighted by molar-refractivity contribution is -0.132. The van der Waals surface area contributed by atoms with Gasteiger partial charge in [-0.15, -0.1) is 0 Å². The molecule has 0 fully saturated rings. The van der Waals surface area contributed by atoms with Crippen molar-refractivity contribution in [2.24, 2.45) is 0 Å². The Balaban J connectivity index is 2.79. The van der Waals surface area contributed by atoms with E-state index in [1.54, 1.807) is 0 Å². The number of halogens is 6. The van der Waals surface area contributed by atoms with Gasteiger partial charge in [-0.1, -0.05) is 30.3 Å². The van der Waals surface area contributed by atoms with Crippen LogP contribution in [0, 0.1) is 0 Å². The largest absolute Gasteiger partial charge is 0.524 e. The summed E-state index contributed by atoms with van der Waals surface area (Å²) in [5.74, 6) is -0.900. The second-order valence-corrected chi connectivity index (χ2v) is 6.39. The zero-order chi connectivity index (χ0) is 19.0. The lowest BCUT2D eigenvalue weighted by atomic mass is 9.95. The van der Waals surface area contributed by atoms with E-state index in [0.717, 1.165) is 6.07 Å². The Hall–Kier alpha value is -1.77. The number of phosphoric ester groups is 1. The van der Waals surface area contributed by atoms with Crippen molar-refractivity contribution in [1.82, 2.24) is 0 Å². The van der Waals surface area contributed by atoms with E-state index >= 15 is 0 Å². The molecule has 0 spiro atoms.